The highest BCUT2D eigenvalue weighted by molar-refractivity contribution is 6.21. The number of halogens is 3. The fourth-order valence-electron chi connectivity index (χ4n) is 1.76. The van der Waals surface area contributed by atoms with Gasteiger partial charge in [-0.15, -0.1) is 11.6 Å². The molecule has 19 heavy (non-hydrogen) atoms. The van der Waals surface area contributed by atoms with Gasteiger partial charge in [0.15, 0.2) is 0 Å². The van der Waals surface area contributed by atoms with Crippen molar-refractivity contribution in [2.24, 2.45) is 5.92 Å². The molecule has 0 aliphatic heterocycles. The molecular weight excluding hydrogens is 276 g/mol. The number of carbonyl (C=O) groups is 1. The molecule has 1 amide bonds. The number of hydrogen-bond acceptors (Lipinski definition) is 2. The topological polar surface area (TPSA) is 38.3 Å². The Morgan fingerprint density at radius 2 is 2.11 bits per heavy atom. The summed E-state index contributed by atoms with van der Waals surface area (Å²) in [6.07, 6.45) is 2.16. The zero-order chi connectivity index (χ0) is 13.8. The Balaban J connectivity index is 1.97. The lowest BCUT2D eigenvalue weighted by molar-refractivity contribution is -0.0501. The first-order valence-electron chi connectivity index (χ1n) is 6.04. The van der Waals surface area contributed by atoms with Crippen molar-refractivity contribution in [1.29, 1.82) is 0 Å². The Labute approximate surface area is 114 Å². The van der Waals surface area contributed by atoms with E-state index in [4.69, 9.17) is 11.6 Å². The van der Waals surface area contributed by atoms with E-state index in [1.54, 1.807) is 6.07 Å². The lowest BCUT2D eigenvalue weighted by atomic mass is 10.2. The average Bonchev–Trinajstić information content (AvgIpc) is 3.19. The maximum atomic E-state index is 12.2. The van der Waals surface area contributed by atoms with Crippen LogP contribution < -0.4 is 10.1 Å². The van der Waals surface area contributed by atoms with Gasteiger partial charge >= 0.3 is 6.61 Å². The highest BCUT2D eigenvalue weighted by Gasteiger charge is 2.30. The van der Waals surface area contributed by atoms with Gasteiger partial charge in [0.25, 0.3) is 5.91 Å². The lowest BCUT2D eigenvalue weighted by Crippen LogP contribution is -2.31. The molecule has 1 aliphatic carbocycles. The molecule has 2 rings (SSSR count). The summed E-state index contributed by atoms with van der Waals surface area (Å²) in [6.45, 7) is -2.63. The van der Waals surface area contributed by atoms with Gasteiger partial charge in [-0.25, -0.2) is 0 Å². The molecule has 104 valence electrons. The second kappa shape index (κ2) is 6.19. The number of rotatable bonds is 6. The van der Waals surface area contributed by atoms with E-state index in [1.807, 2.05) is 0 Å². The largest absolute Gasteiger partial charge is 0.434 e. The van der Waals surface area contributed by atoms with Crippen molar-refractivity contribution in [3.05, 3.63) is 29.8 Å². The predicted molar refractivity (Wildman–Crippen MR) is 67.8 cm³/mol. The Morgan fingerprint density at radius 1 is 1.42 bits per heavy atom. The molecule has 1 fully saturated rings. The standard InChI is InChI=1S/C13H14ClF2NO2/c14-10(8-5-6-8)7-17-12(18)9-3-1-2-4-11(9)19-13(15)16/h1-4,8,10,13H,5-7H2,(H,17,18). The molecule has 1 unspecified atom stereocenters. The minimum atomic E-state index is -2.96. The van der Waals surface area contributed by atoms with E-state index in [0.717, 1.165) is 12.8 Å². The van der Waals surface area contributed by atoms with Crippen molar-refractivity contribution in [3.8, 4) is 5.75 Å². The van der Waals surface area contributed by atoms with Gasteiger partial charge in [-0.1, -0.05) is 12.1 Å². The third-order valence-electron chi connectivity index (χ3n) is 2.94. The number of para-hydroxylation sites is 1. The average molecular weight is 290 g/mol. The van der Waals surface area contributed by atoms with Crippen LogP contribution in [0.5, 0.6) is 5.75 Å². The molecule has 0 spiro atoms. The van der Waals surface area contributed by atoms with E-state index < -0.39 is 12.5 Å². The van der Waals surface area contributed by atoms with E-state index in [0.29, 0.717) is 12.5 Å². The van der Waals surface area contributed by atoms with Crippen LogP contribution in [0.4, 0.5) is 8.78 Å². The molecule has 0 radical (unpaired) electrons. The molecule has 0 saturated heterocycles. The SMILES string of the molecule is O=C(NCC(Cl)C1CC1)c1ccccc1OC(F)F. The summed E-state index contributed by atoms with van der Waals surface area (Å²) in [5.41, 5.74) is 0.0856. The van der Waals surface area contributed by atoms with Crippen LogP contribution in [-0.2, 0) is 0 Å². The summed E-state index contributed by atoms with van der Waals surface area (Å²) in [4.78, 5) is 11.9. The number of nitrogens with one attached hydrogen (secondary N) is 1. The van der Waals surface area contributed by atoms with Crippen LogP contribution in [0.3, 0.4) is 0 Å². The number of carbonyl (C=O) groups excluding carboxylic acids is 1. The Bertz CT molecular complexity index is 452. The third kappa shape index (κ3) is 4.06. The molecule has 1 saturated carbocycles. The van der Waals surface area contributed by atoms with E-state index >= 15 is 0 Å². The minimum absolute atomic E-state index is 0.0856. The maximum absolute atomic E-state index is 12.2. The summed E-state index contributed by atoms with van der Waals surface area (Å²) in [6, 6.07) is 5.89. The van der Waals surface area contributed by atoms with Gasteiger partial charge in [-0.3, -0.25) is 4.79 Å². The zero-order valence-electron chi connectivity index (χ0n) is 10.1. The summed E-state index contributed by atoms with van der Waals surface area (Å²) in [5, 5.41) is 2.53. The number of amides is 1. The van der Waals surface area contributed by atoms with Crippen LogP contribution in [-0.4, -0.2) is 24.4 Å². The first-order valence-corrected chi connectivity index (χ1v) is 6.47. The molecule has 0 aromatic heterocycles. The monoisotopic (exact) mass is 289 g/mol. The van der Waals surface area contributed by atoms with Crippen LogP contribution in [0, 0.1) is 5.92 Å². The predicted octanol–water partition coefficient (Wildman–Crippen LogP) is 3.04. The van der Waals surface area contributed by atoms with Crippen LogP contribution in [0.2, 0.25) is 0 Å². The van der Waals surface area contributed by atoms with Crippen molar-refractivity contribution < 1.29 is 18.3 Å². The van der Waals surface area contributed by atoms with Crippen LogP contribution in [0.1, 0.15) is 23.2 Å². The second-order valence-electron chi connectivity index (χ2n) is 4.44. The van der Waals surface area contributed by atoms with Gasteiger partial charge in [0.1, 0.15) is 5.75 Å². The van der Waals surface area contributed by atoms with E-state index in [2.05, 4.69) is 10.1 Å². The highest BCUT2D eigenvalue weighted by Crippen LogP contribution is 2.35. The van der Waals surface area contributed by atoms with Gasteiger partial charge in [0.05, 0.1) is 10.9 Å². The van der Waals surface area contributed by atoms with Gasteiger partial charge < -0.3 is 10.1 Å². The van der Waals surface area contributed by atoms with Crippen LogP contribution in [0.25, 0.3) is 0 Å². The van der Waals surface area contributed by atoms with Crippen molar-refractivity contribution >= 4 is 17.5 Å². The molecule has 0 heterocycles. The first-order chi connectivity index (χ1) is 9.08. The summed E-state index contributed by atoms with van der Waals surface area (Å²) in [7, 11) is 0. The van der Waals surface area contributed by atoms with Gasteiger partial charge in [-0.05, 0) is 30.9 Å². The second-order valence-corrected chi connectivity index (χ2v) is 5.00. The number of ether oxygens (including phenoxy) is 1. The molecule has 3 nitrogen and oxygen atoms in total. The summed E-state index contributed by atoms with van der Waals surface area (Å²) < 4.78 is 28.7. The molecule has 1 aliphatic rings. The van der Waals surface area contributed by atoms with E-state index in [1.165, 1.54) is 18.2 Å². The van der Waals surface area contributed by atoms with E-state index in [-0.39, 0.29) is 16.7 Å². The molecule has 1 atom stereocenters. The molecule has 6 heteroatoms. The van der Waals surface area contributed by atoms with Crippen molar-refractivity contribution in [1.82, 2.24) is 5.32 Å². The molecule has 1 aromatic carbocycles. The lowest BCUT2D eigenvalue weighted by Gasteiger charge is -2.12. The van der Waals surface area contributed by atoms with Crippen LogP contribution in [0.15, 0.2) is 24.3 Å². The third-order valence-corrected chi connectivity index (χ3v) is 3.45. The summed E-state index contributed by atoms with van der Waals surface area (Å²) >= 11 is 6.07. The van der Waals surface area contributed by atoms with Crippen LogP contribution >= 0.6 is 11.6 Å². The number of hydrogen-bond donors (Lipinski definition) is 1. The first kappa shape index (κ1) is 14.1. The minimum Gasteiger partial charge on any atom is -0.434 e. The van der Waals surface area contributed by atoms with Gasteiger partial charge in [0.2, 0.25) is 0 Å². The Kier molecular flexibility index (Phi) is 4.58. The highest BCUT2D eigenvalue weighted by atomic mass is 35.5. The van der Waals surface area contributed by atoms with E-state index in [9.17, 15) is 13.6 Å². The Hall–Kier alpha value is -1.36. The van der Waals surface area contributed by atoms with Crippen molar-refractivity contribution in [2.75, 3.05) is 6.54 Å². The summed E-state index contributed by atoms with van der Waals surface area (Å²) in [5.74, 6) is -0.135. The van der Waals surface area contributed by atoms with Gasteiger partial charge in [0, 0.05) is 6.54 Å². The smallest absolute Gasteiger partial charge is 0.387 e. The number of benzene rings is 1. The zero-order valence-corrected chi connectivity index (χ0v) is 10.9. The molecule has 0 bridgehead atoms. The number of alkyl halides is 3. The fraction of sp³-hybridized carbons (Fsp3) is 0.462. The molecule has 1 N–H and O–H groups in total. The Morgan fingerprint density at radius 3 is 2.74 bits per heavy atom. The quantitative estimate of drug-likeness (QED) is 0.818. The van der Waals surface area contributed by atoms with Gasteiger partial charge in [-0.2, -0.15) is 8.78 Å². The van der Waals surface area contributed by atoms with Crippen molar-refractivity contribution in [2.45, 2.75) is 24.8 Å². The van der Waals surface area contributed by atoms with Crippen molar-refractivity contribution in [3.63, 3.8) is 0 Å². The normalized spacial score (nSPS) is 16.2. The molecular formula is C13H14ClF2NO2. The fourth-order valence-corrected chi connectivity index (χ4v) is 2.09. The molecule has 1 aromatic rings. The maximum Gasteiger partial charge on any atom is 0.387 e.